The van der Waals surface area contributed by atoms with Gasteiger partial charge in [0.2, 0.25) is 5.43 Å². The second-order valence-electron chi connectivity index (χ2n) is 11.4. The maximum absolute atomic E-state index is 15.3. The average molecular weight is 560 g/mol. The Morgan fingerprint density at radius 2 is 1.82 bits per heavy atom. The third kappa shape index (κ3) is 5.26. The molecule has 0 bridgehead atoms. The van der Waals surface area contributed by atoms with Gasteiger partial charge in [0.05, 0.1) is 32.2 Å². The number of fused-ring (bicyclic) bond motifs is 2. The lowest BCUT2D eigenvalue weighted by atomic mass is 10.1. The molecule has 10 nitrogen and oxygen atoms in total. The molecule has 13 heteroatoms. The topological polar surface area (TPSA) is 131 Å². The van der Waals surface area contributed by atoms with E-state index in [9.17, 15) is 28.3 Å². The second kappa shape index (κ2) is 9.89. The van der Waals surface area contributed by atoms with E-state index in [0.717, 1.165) is 29.0 Å². The van der Waals surface area contributed by atoms with Crippen LogP contribution in [0.3, 0.4) is 0 Å². The van der Waals surface area contributed by atoms with Crippen LogP contribution in [0.5, 0.6) is 0 Å². The van der Waals surface area contributed by atoms with Gasteiger partial charge in [-0.25, -0.2) is 22.9 Å². The molecule has 1 aromatic carbocycles. The number of aromatic nitrogens is 2. The predicted octanol–water partition coefficient (Wildman–Crippen LogP) is 0.568. The van der Waals surface area contributed by atoms with Crippen LogP contribution < -0.4 is 21.2 Å². The number of nitrogens with two attached hydrogens (primary N) is 1. The molecule has 2 unspecified atom stereocenters. The highest BCUT2D eigenvalue weighted by Crippen LogP contribution is 2.45. The molecule has 5 rings (SSSR count). The van der Waals surface area contributed by atoms with Gasteiger partial charge in [-0.2, -0.15) is 0 Å². The number of carboxylic acids is 1. The number of nitrogens with zero attached hydrogens (tertiary/aromatic N) is 4. The molecule has 4 atom stereocenters. The van der Waals surface area contributed by atoms with Crippen LogP contribution >= 0.6 is 0 Å². The minimum absolute atomic E-state index is 0.0395. The van der Waals surface area contributed by atoms with Gasteiger partial charge >= 0.3 is 5.97 Å². The number of likely N-dealkylation sites (N-methyl/N-ethyl adjacent to an activating group) is 1. The van der Waals surface area contributed by atoms with E-state index in [-0.39, 0.29) is 51.4 Å². The Labute approximate surface area is 227 Å². The van der Waals surface area contributed by atoms with Crippen LogP contribution in [0.2, 0.25) is 0 Å². The fourth-order valence-corrected chi connectivity index (χ4v) is 5.34. The fourth-order valence-electron chi connectivity index (χ4n) is 5.34. The summed E-state index contributed by atoms with van der Waals surface area (Å²) in [6.07, 6.45) is -0.803. The molecule has 3 aromatic rings. The zero-order valence-corrected chi connectivity index (χ0v) is 22.1. The van der Waals surface area contributed by atoms with Crippen LogP contribution in [0.25, 0.3) is 16.7 Å². The van der Waals surface area contributed by atoms with Gasteiger partial charge in [0.25, 0.3) is 0 Å². The minimum atomic E-state index is -1.46. The van der Waals surface area contributed by atoms with Gasteiger partial charge in [-0.1, -0.05) is 0 Å². The highest BCUT2D eigenvalue weighted by molar-refractivity contribution is 5.94. The lowest BCUT2D eigenvalue weighted by molar-refractivity contribution is -0.873. The van der Waals surface area contributed by atoms with E-state index in [2.05, 4.69) is 4.98 Å². The number of carbonyl (C=O) groups excluding carboxylic acids is 2. The largest absolute Gasteiger partial charge is 0.550 e. The van der Waals surface area contributed by atoms with Crippen molar-refractivity contribution < 1.29 is 37.1 Å². The highest BCUT2D eigenvalue weighted by atomic mass is 19.1. The zero-order chi connectivity index (χ0) is 29.1. The van der Waals surface area contributed by atoms with E-state index < -0.39 is 52.9 Å². The van der Waals surface area contributed by atoms with E-state index in [0.29, 0.717) is 19.2 Å². The molecule has 40 heavy (non-hydrogen) atoms. The monoisotopic (exact) mass is 559 g/mol. The number of quaternary nitrogens is 1. The SMILES string of the molecule is C[N+](C)(C)CC(CC(=O)[O-])OC(=O)c1cn(-c2ccc(F)cc2F)c2nc(N3C[C@@H]4C(N)[C@@H]4C3)c(F)cc2c1=O. The molecule has 212 valence electrons. The van der Waals surface area contributed by atoms with Crippen molar-refractivity contribution in [3.63, 3.8) is 0 Å². The molecule has 1 saturated carbocycles. The average Bonchev–Trinajstić information content (AvgIpc) is 3.22. The van der Waals surface area contributed by atoms with Crippen LogP contribution in [0.1, 0.15) is 16.8 Å². The summed E-state index contributed by atoms with van der Waals surface area (Å²) in [6.45, 7) is 1.01. The van der Waals surface area contributed by atoms with Crippen molar-refractivity contribution in [1.29, 1.82) is 0 Å². The molecule has 2 fully saturated rings. The van der Waals surface area contributed by atoms with Gasteiger partial charge in [0.1, 0.15) is 23.7 Å². The maximum atomic E-state index is 15.3. The summed E-state index contributed by atoms with van der Waals surface area (Å²) in [5.41, 5.74) is 4.02. The number of pyridine rings is 2. The zero-order valence-electron chi connectivity index (χ0n) is 22.1. The van der Waals surface area contributed by atoms with Crippen molar-refractivity contribution in [2.75, 3.05) is 45.7 Å². The lowest BCUT2D eigenvalue weighted by Gasteiger charge is -2.29. The molecular weight excluding hydrogens is 531 g/mol. The van der Waals surface area contributed by atoms with Gasteiger partial charge in [-0.3, -0.25) is 9.36 Å². The van der Waals surface area contributed by atoms with Gasteiger partial charge in [-0.15, -0.1) is 0 Å². The Balaban J connectivity index is 1.63. The number of aliphatic carboxylic acids is 1. The molecule has 2 aromatic heterocycles. The minimum Gasteiger partial charge on any atom is -0.550 e. The molecular formula is C27H28F3N5O5. The normalized spacial score (nSPS) is 20.9. The van der Waals surface area contributed by atoms with E-state index in [1.807, 2.05) is 0 Å². The molecule has 1 saturated heterocycles. The third-order valence-corrected chi connectivity index (χ3v) is 7.28. The lowest BCUT2D eigenvalue weighted by Crippen LogP contribution is -2.45. The number of carbonyl (C=O) groups is 2. The van der Waals surface area contributed by atoms with E-state index in [1.165, 1.54) is 0 Å². The first-order valence-electron chi connectivity index (χ1n) is 12.7. The summed E-state index contributed by atoms with van der Waals surface area (Å²) in [5.74, 6) is -5.02. The van der Waals surface area contributed by atoms with Gasteiger partial charge < -0.3 is 29.8 Å². The van der Waals surface area contributed by atoms with Crippen LogP contribution in [0.4, 0.5) is 19.0 Å². The second-order valence-corrected chi connectivity index (χ2v) is 11.4. The number of carboxylic acid groups (broad SMARTS) is 1. The molecule has 2 aliphatic rings. The summed E-state index contributed by atoms with van der Waals surface area (Å²) in [7, 11) is 5.25. The molecule has 1 aliphatic heterocycles. The number of rotatable bonds is 8. The van der Waals surface area contributed by atoms with Crippen molar-refractivity contribution in [3.05, 3.63) is 63.7 Å². The number of esters is 1. The van der Waals surface area contributed by atoms with E-state index >= 15 is 4.39 Å². The van der Waals surface area contributed by atoms with Crippen LogP contribution in [-0.4, -0.2) is 78.9 Å². The van der Waals surface area contributed by atoms with Crippen molar-refractivity contribution in [2.24, 2.45) is 17.6 Å². The van der Waals surface area contributed by atoms with E-state index in [4.69, 9.17) is 10.5 Å². The Morgan fingerprint density at radius 3 is 2.42 bits per heavy atom. The first kappa shape index (κ1) is 27.6. The molecule has 0 amide bonds. The number of anilines is 1. The third-order valence-electron chi connectivity index (χ3n) is 7.28. The summed E-state index contributed by atoms with van der Waals surface area (Å²) < 4.78 is 50.7. The van der Waals surface area contributed by atoms with E-state index in [1.54, 1.807) is 26.0 Å². The summed E-state index contributed by atoms with van der Waals surface area (Å²) in [6, 6.07) is 3.65. The standard InChI is InChI=1S/C27H28F3N5O5/c1-35(2,3)12-14(7-22(36)37)40-27(39)18-11-34(21-5-4-13(28)6-19(21)29)25-15(24(18)38)8-20(30)26(32-25)33-9-16-17(10-33)23(16)31/h4-6,8,11,14,16-17,23H,7,9-10,12,31H2,1-3H3/t14?,16-,17+,23?. The molecule has 2 N–H and O–H groups in total. The van der Waals surface area contributed by atoms with Crippen LogP contribution in [0.15, 0.2) is 35.3 Å². The summed E-state index contributed by atoms with van der Waals surface area (Å²) in [4.78, 5) is 44.0. The Morgan fingerprint density at radius 1 is 1.15 bits per heavy atom. The molecule has 1 aliphatic carbocycles. The Hall–Kier alpha value is -3.97. The smallest absolute Gasteiger partial charge is 0.344 e. The number of halogens is 3. The fraction of sp³-hybridized carbons (Fsp3) is 0.407. The molecule has 3 heterocycles. The molecule has 0 spiro atoms. The van der Waals surface area contributed by atoms with Crippen LogP contribution in [0, 0.1) is 29.3 Å². The molecule has 0 radical (unpaired) electrons. The Kier molecular flexibility index (Phi) is 6.83. The van der Waals surface area contributed by atoms with Crippen LogP contribution in [-0.2, 0) is 9.53 Å². The van der Waals surface area contributed by atoms with Crippen molar-refractivity contribution in [2.45, 2.75) is 18.6 Å². The maximum Gasteiger partial charge on any atom is 0.344 e. The number of hydrogen-bond acceptors (Lipinski definition) is 8. The van der Waals surface area contributed by atoms with Gasteiger partial charge in [-0.05, 0) is 30.0 Å². The summed E-state index contributed by atoms with van der Waals surface area (Å²) in [5, 5.41) is 10.9. The van der Waals surface area contributed by atoms with Gasteiger partial charge in [0, 0.05) is 43.8 Å². The van der Waals surface area contributed by atoms with Gasteiger partial charge in [0.15, 0.2) is 23.4 Å². The number of ether oxygens (including phenoxy) is 1. The summed E-state index contributed by atoms with van der Waals surface area (Å²) >= 11 is 0. The Bertz CT molecular complexity index is 1580. The number of piperidine rings is 1. The van der Waals surface area contributed by atoms with Crippen molar-refractivity contribution in [3.8, 4) is 5.69 Å². The highest BCUT2D eigenvalue weighted by Gasteiger charge is 2.54. The number of hydrogen-bond donors (Lipinski definition) is 1. The van der Waals surface area contributed by atoms with Crippen molar-refractivity contribution >= 4 is 28.8 Å². The van der Waals surface area contributed by atoms with Crippen molar-refractivity contribution in [1.82, 2.24) is 9.55 Å². The predicted molar refractivity (Wildman–Crippen MR) is 136 cm³/mol. The first-order valence-corrected chi connectivity index (χ1v) is 12.7. The quantitative estimate of drug-likeness (QED) is 0.313. The number of benzene rings is 1. The first-order chi connectivity index (χ1) is 18.7.